The van der Waals surface area contributed by atoms with Gasteiger partial charge in [-0.3, -0.25) is 4.79 Å². The molecule has 0 bridgehead atoms. The van der Waals surface area contributed by atoms with Crippen LogP contribution in [0.25, 0.3) is 0 Å². The smallest absolute Gasteiger partial charge is 0.255 e. The SMILES string of the molecule is CNc1cc(C(=O)N2CCCC(COC)C2)c(Cl)cn1. The van der Waals surface area contributed by atoms with Crippen LogP contribution in [0, 0.1) is 5.92 Å². The van der Waals surface area contributed by atoms with Crippen LogP contribution in [-0.4, -0.2) is 49.6 Å². The molecule has 2 rings (SSSR count). The number of methoxy groups -OCH3 is 1. The average molecular weight is 298 g/mol. The molecule has 1 aliphatic heterocycles. The molecule has 0 radical (unpaired) electrons. The Balaban J connectivity index is 2.14. The lowest BCUT2D eigenvalue weighted by molar-refractivity contribution is 0.0571. The Bertz CT molecular complexity index is 479. The van der Waals surface area contributed by atoms with Gasteiger partial charge in [-0.25, -0.2) is 4.98 Å². The topological polar surface area (TPSA) is 54.5 Å². The van der Waals surface area contributed by atoms with Crippen molar-refractivity contribution in [3.63, 3.8) is 0 Å². The van der Waals surface area contributed by atoms with E-state index in [4.69, 9.17) is 16.3 Å². The number of carbonyl (C=O) groups excluding carboxylic acids is 1. The molecule has 20 heavy (non-hydrogen) atoms. The molecule has 1 amide bonds. The van der Waals surface area contributed by atoms with Gasteiger partial charge in [-0.1, -0.05) is 11.6 Å². The number of aromatic nitrogens is 1. The first kappa shape index (κ1) is 15.1. The predicted octanol–water partition coefficient (Wildman–Crippen LogP) is 2.28. The Labute approximate surface area is 124 Å². The molecule has 1 fully saturated rings. The summed E-state index contributed by atoms with van der Waals surface area (Å²) in [5.74, 6) is 1.01. The number of pyridine rings is 1. The number of nitrogens with zero attached hydrogens (tertiary/aromatic N) is 2. The highest BCUT2D eigenvalue weighted by Crippen LogP contribution is 2.23. The number of hydrogen-bond donors (Lipinski definition) is 1. The number of likely N-dealkylation sites (tertiary alicyclic amines) is 1. The number of hydrogen-bond acceptors (Lipinski definition) is 4. The van der Waals surface area contributed by atoms with Crippen LogP contribution >= 0.6 is 11.6 Å². The summed E-state index contributed by atoms with van der Waals surface area (Å²) < 4.78 is 5.19. The second-order valence-corrected chi connectivity index (χ2v) is 5.42. The monoisotopic (exact) mass is 297 g/mol. The molecular formula is C14H20ClN3O2. The first-order valence-electron chi connectivity index (χ1n) is 6.77. The van der Waals surface area contributed by atoms with E-state index in [1.165, 1.54) is 6.20 Å². The molecule has 0 saturated carbocycles. The predicted molar refractivity (Wildman–Crippen MR) is 79.3 cm³/mol. The fraction of sp³-hybridized carbons (Fsp3) is 0.571. The number of carbonyl (C=O) groups is 1. The summed E-state index contributed by atoms with van der Waals surface area (Å²) in [7, 11) is 3.46. The normalized spacial score (nSPS) is 18.9. The van der Waals surface area contributed by atoms with E-state index in [1.807, 2.05) is 4.90 Å². The molecule has 6 heteroatoms. The molecule has 1 unspecified atom stereocenters. The Morgan fingerprint density at radius 1 is 1.65 bits per heavy atom. The molecule has 1 N–H and O–H groups in total. The van der Waals surface area contributed by atoms with Crippen molar-refractivity contribution >= 4 is 23.3 Å². The lowest BCUT2D eigenvalue weighted by Gasteiger charge is -2.32. The summed E-state index contributed by atoms with van der Waals surface area (Å²) >= 11 is 6.10. The van der Waals surface area contributed by atoms with Gasteiger partial charge in [-0.15, -0.1) is 0 Å². The van der Waals surface area contributed by atoms with Gasteiger partial charge in [0.05, 0.1) is 17.2 Å². The van der Waals surface area contributed by atoms with Crippen molar-refractivity contribution in [2.75, 3.05) is 39.2 Å². The summed E-state index contributed by atoms with van der Waals surface area (Å²) in [6.45, 7) is 2.18. The van der Waals surface area contributed by atoms with Crippen molar-refractivity contribution in [2.45, 2.75) is 12.8 Å². The summed E-state index contributed by atoms with van der Waals surface area (Å²) in [5, 5.41) is 3.31. The number of nitrogens with one attached hydrogen (secondary N) is 1. The Kier molecular flexibility index (Phi) is 5.20. The van der Waals surface area contributed by atoms with Crippen LogP contribution in [0.3, 0.4) is 0 Å². The van der Waals surface area contributed by atoms with Gasteiger partial charge in [0.2, 0.25) is 0 Å². The van der Waals surface area contributed by atoms with Crippen LogP contribution in [0.5, 0.6) is 0 Å². The van der Waals surface area contributed by atoms with Gasteiger partial charge in [0, 0.05) is 33.4 Å². The maximum absolute atomic E-state index is 12.6. The van der Waals surface area contributed by atoms with Gasteiger partial charge in [-0.05, 0) is 24.8 Å². The van der Waals surface area contributed by atoms with E-state index < -0.39 is 0 Å². The Morgan fingerprint density at radius 2 is 2.45 bits per heavy atom. The largest absolute Gasteiger partial charge is 0.384 e. The number of halogens is 1. The minimum Gasteiger partial charge on any atom is -0.384 e. The molecule has 0 aliphatic carbocycles. The second-order valence-electron chi connectivity index (χ2n) is 5.01. The lowest BCUT2D eigenvalue weighted by Crippen LogP contribution is -2.41. The van der Waals surface area contributed by atoms with Crippen LogP contribution in [0.2, 0.25) is 5.02 Å². The first-order valence-corrected chi connectivity index (χ1v) is 7.15. The molecule has 0 aromatic carbocycles. The summed E-state index contributed by atoms with van der Waals surface area (Å²) in [6, 6.07) is 1.70. The van der Waals surface area contributed by atoms with Crippen molar-refractivity contribution in [2.24, 2.45) is 5.92 Å². The second kappa shape index (κ2) is 6.90. The highest BCUT2D eigenvalue weighted by atomic mass is 35.5. The number of amides is 1. The fourth-order valence-electron chi connectivity index (χ4n) is 2.53. The molecule has 1 aromatic rings. The molecule has 1 saturated heterocycles. The zero-order valence-corrected chi connectivity index (χ0v) is 12.6. The van der Waals surface area contributed by atoms with Gasteiger partial charge in [0.1, 0.15) is 5.82 Å². The van der Waals surface area contributed by atoms with Crippen LogP contribution in [0.1, 0.15) is 23.2 Å². The standard InChI is InChI=1S/C14H20ClN3O2/c1-16-13-6-11(12(15)7-17-13)14(19)18-5-3-4-10(8-18)9-20-2/h6-7,10H,3-5,8-9H2,1-2H3,(H,16,17). The van der Waals surface area contributed by atoms with Crippen molar-refractivity contribution < 1.29 is 9.53 Å². The third-order valence-electron chi connectivity index (χ3n) is 3.55. The minimum atomic E-state index is -0.0327. The third-order valence-corrected chi connectivity index (χ3v) is 3.85. The highest BCUT2D eigenvalue weighted by Gasteiger charge is 2.25. The summed E-state index contributed by atoms with van der Waals surface area (Å²) in [4.78, 5) is 18.5. The molecule has 1 aromatic heterocycles. The van der Waals surface area contributed by atoms with E-state index in [1.54, 1.807) is 20.2 Å². The van der Waals surface area contributed by atoms with Gasteiger partial charge in [-0.2, -0.15) is 0 Å². The van der Waals surface area contributed by atoms with Crippen molar-refractivity contribution in [1.82, 2.24) is 9.88 Å². The molecule has 2 heterocycles. The molecule has 0 spiro atoms. The van der Waals surface area contributed by atoms with Gasteiger partial charge in [0.15, 0.2) is 0 Å². The van der Waals surface area contributed by atoms with Crippen LogP contribution in [0.4, 0.5) is 5.82 Å². The van der Waals surface area contributed by atoms with E-state index in [0.29, 0.717) is 28.9 Å². The van der Waals surface area contributed by atoms with E-state index >= 15 is 0 Å². The molecule has 5 nitrogen and oxygen atoms in total. The molecule has 1 atom stereocenters. The van der Waals surface area contributed by atoms with E-state index in [-0.39, 0.29) is 5.91 Å². The highest BCUT2D eigenvalue weighted by molar-refractivity contribution is 6.33. The summed E-state index contributed by atoms with van der Waals surface area (Å²) in [6.07, 6.45) is 3.61. The van der Waals surface area contributed by atoms with Crippen molar-refractivity contribution in [1.29, 1.82) is 0 Å². The Hall–Kier alpha value is -1.33. The Morgan fingerprint density at radius 3 is 3.15 bits per heavy atom. The quantitative estimate of drug-likeness (QED) is 0.926. The van der Waals surface area contributed by atoms with E-state index in [9.17, 15) is 4.79 Å². The zero-order valence-electron chi connectivity index (χ0n) is 11.9. The van der Waals surface area contributed by atoms with Gasteiger partial charge < -0.3 is 15.0 Å². The molecular weight excluding hydrogens is 278 g/mol. The van der Waals surface area contributed by atoms with E-state index in [0.717, 1.165) is 25.9 Å². The average Bonchev–Trinajstić information content (AvgIpc) is 2.48. The number of piperidine rings is 1. The van der Waals surface area contributed by atoms with E-state index in [2.05, 4.69) is 10.3 Å². The van der Waals surface area contributed by atoms with Crippen molar-refractivity contribution in [3.8, 4) is 0 Å². The maximum Gasteiger partial charge on any atom is 0.255 e. The van der Waals surface area contributed by atoms with Crippen molar-refractivity contribution in [3.05, 3.63) is 22.8 Å². The molecule has 110 valence electrons. The molecule has 1 aliphatic rings. The van der Waals surface area contributed by atoms with Crippen LogP contribution in [-0.2, 0) is 4.74 Å². The zero-order chi connectivity index (χ0) is 14.5. The number of ether oxygens (including phenoxy) is 1. The van der Waals surface area contributed by atoms with Crippen LogP contribution < -0.4 is 5.32 Å². The van der Waals surface area contributed by atoms with Gasteiger partial charge >= 0.3 is 0 Å². The summed E-state index contributed by atoms with van der Waals surface area (Å²) in [5.41, 5.74) is 0.504. The first-order chi connectivity index (χ1) is 9.65. The number of anilines is 1. The minimum absolute atomic E-state index is 0.0327. The lowest BCUT2D eigenvalue weighted by atomic mass is 9.98. The maximum atomic E-state index is 12.6. The third kappa shape index (κ3) is 3.41. The van der Waals surface area contributed by atoms with Crippen LogP contribution in [0.15, 0.2) is 12.3 Å². The number of rotatable bonds is 4. The fourth-order valence-corrected chi connectivity index (χ4v) is 2.72. The van der Waals surface area contributed by atoms with Gasteiger partial charge in [0.25, 0.3) is 5.91 Å².